The zero-order valence-electron chi connectivity index (χ0n) is 13.6. The lowest BCUT2D eigenvalue weighted by Gasteiger charge is -2.14. The number of hydrogen-bond donors (Lipinski definition) is 2. The van der Waals surface area contributed by atoms with Crippen LogP contribution in [-0.4, -0.2) is 25.9 Å². The number of hydrogen-bond acceptors (Lipinski definition) is 3. The van der Waals surface area contributed by atoms with E-state index in [4.69, 9.17) is 0 Å². The zero-order valence-corrected chi connectivity index (χ0v) is 13.6. The Morgan fingerprint density at radius 3 is 2.26 bits per heavy atom. The first-order valence-corrected chi connectivity index (χ1v) is 7.38. The SMILES string of the molecule is CC(=O)Nc1ccc(CC(=O)Nc2cccc(N(C)C)c2)cc1. The van der Waals surface area contributed by atoms with Crippen LogP contribution in [0.4, 0.5) is 17.1 Å². The van der Waals surface area contributed by atoms with E-state index in [9.17, 15) is 9.59 Å². The van der Waals surface area contributed by atoms with Crippen molar-refractivity contribution in [3.63, 3.8) is 0 Å². The van der Waals surface area contributed by atoms with E-state index in [0.717, 1.165) is 22.6 Å². The molecule has 23 heavy (non-hydrogen) atoms. The van der Waals surface area contributed by atoms with Crippen LogP contribution >= 0.6 is 0 Å². The van der Waals surface area contributed by atoms with Crippen molar-refractivity contribution in [2.45, 2.75) is 13.3 Å². The number of carbonyl (C=O) groups is 2. The number of nitrogens with zero attached hydrogens (tertiary/aromatic N) is 1. The lowest BCUT2D eigenvalue weighted by Crippen LogP contribution is -2.15. The van der Waals surface area contributed by atoms with Crippen molar-refractivity contribution in [2.24, 2.45) is 0 Å². The second-order valence-electron chi connectivity index (χ2n) is 5.55. The maximum Gasteiger partial charge on any atom is 0.228 e. The third-order valence-electron chi connectivity index (χ3n) is 3.29. The molecule has 2 amide bonds. The molecular formula is C18H21N3O2. The van der Waals surface area contributed by atoms with Gasteiger partial charge in [0.2, 0.25) is 11.8 Å². The zero-order chi connectivity index (χ0) is 16.8. The molecule has 2 aromatic rings. The van der Waals surface area contributed by atoms with Gasteiger partial charge in [-0.05, 0) is 35.9 Å². The lowest BCUT2D eigenvalue weighted by atomic mass is 10.1. The first kappa shape index (κ1) is 16.5. The molecule has 0 saturated heterocycles. The van der Waals surface area contributed by atoms with Crippen LogP contribution < -0.4 is 15.5 Å². The van der Waals surface area contributed by atoms with E-state index < -0.39 is 0 Å². The molecule has 120 valence electrons. The van der Waals surface area contributed by atoms with Crippen LogP contribution in [0.2, 0.25) is 0 Å². The summed E-state index contributed by atoms with van der Waals surface area (Å²) in [4.78, 5) is 25.1. The highest BCUT2D eigenvalue weighted by Gasteiger charge is 2.06. The highest BCUT2D eigenvalue weighted by Crippen LogP contribution is 2.18. The highest BCUT2D eigenvalue weighted by molar-refractivity contribution is 5.93. The summed E-state index contributed by atoms with van der Waals surface area (Å²) in [5, 5.41) is 5.59. The molecule has 0 bridgehead atoms. The molecule has 2 N–H and O–H groups in total. The van der Waals surface area contributed by atoms with Crippen LogP contribution in [0.1, 0.15) is 12.5 Å². The van der Waals surface area contributed by atoms with Gasteiger partial charge in [-0.3, -0.25) is 9.59 Å². The van der Waals surface area contributed by atoms with Gasteiger partial charge in [0.1, 0.15) is 0 Å². The fourth-order valence-electron chi connectivity index (χ4n) is 2.16. The Kier molecular flexibility index (Phi) is 5.36. The van der Waals surface area contributed by atoms with Gasteiger partial charge in [0.15, 0.2) is 0 Å². The lowest BCUT2D eigenvalue weighted by molar-refractivity contribution is -0.116. The van der Waals surface area contributed by atoms with Crippen LogP contribution in [0.3, 0.4) is 0 Å². The van der Waals surface area contributed by atoms with E-state index in [1.165, 1.54) is 6.92 Å². The van der Waals surface area contributed by atoms with Gasteiger partial charge in [-0.1, -0.05) is 18.2 Å². The fourth-order valence-corrected chi connectivity index (χ4v) is 2.16. The molecule has 2 aromatic carbocycles. The summed E-state index contributed by atoms with van der Waals surface area (Å²) in [6.07, 6.45) is 0.284. The van der Waals surface area contributed by atoms with Gasteiger partial charge in [-0.15, -0.1) is 0 Å². The van der Waals surface area contributed by atoms with Crippen molar-refractivity contribution < 1.29 is 9.59 Å². The molecule has 0 heterocycles. The maximum absolute atomic E-state index is 12.1. The standard InChI is InChI=1S/C18H21N3O2/c1-13(22)19-15-9-7-14(8-10-15)11-18(23)20-16-5-4-6-17(12-16)21(2)3/h4-10,12H,11H2,1-3H3,(H,19,22)(H,20,23). The summed E-state index contributed by atoms with van der Waals surface area (Å²) in [5.41, 5.74) is 3.42. The van der Waals surface area contributed by atoms with Crippen LogP contribution in [0, 0.1) is 0 Å². The quantitative estimate of drug-likeness (QED) is 0.892. The van der Waals surface area contributed by atoms with Crippen molar-refractivity contribution in [3.05, 3.63) is 54.1 Å². The number of benzene rings is 2. The van der Waals surface area contributed by atoms with Crippen molar-refractivity contribution in [1.29, 1.82) is 0 Å². The maximum atomic E-state index is 12.1. The Hall–Kier alpha value is -2.82. The van der Waals surface area contributed by atoms with Gasteiger partial charge in [0, 0.05) is 38.1 Å². The largest absolute Gasteiger partial charge is 0.378 e. The molecule has 2 rings (SSSR count). The number of nitrogens with one attached hydrogen (secondary N) is 2. The van der Waals surface area contributed by atoms with E-state index in [0.29, 0.717) is 0 Å². The van der Waals surface area contributed by atoms with Gasteiger partial charge in [0.25, 0.3) is 0 Å². The molecule has 0 aliphatic heterocycles. The number of amides is 2. The van der Waals surface area contributed by atoms with E-state index in [-0.39, 0.29) is 18.2 Å². The second kappa shape index (κ2) is 7.45. The molecule has 0 saturated carbocycles. The predicted molar refractivity (Wildman–Crippen MR) is 93.8 cm³/mol. The topological polar surface area (TPSA) is 61.4 Å². The number of anilines is 3. The summed E-state index contributed by atoms with van der Waals surface area (Å²) in [7, 11) is 3.91. The van der Waals surface area contributed by atoms with Crippen molar-refractivity contribution >= 4 is 28.9 Å². The molecule has 0 spiro atoms. The average Bonchev–Trinajstić information content (AvgIpc) is 2.49. The van der Waals surface area contributed by atoms with Gasteiger partial charge < -0.3 is 15.5 Å². The summed E-state index contributed by atoms with van der Waals surface area (Å²) < 4.78 is 0. The van der Waals surface area contributed by atoms with Crippen LogP contribution in [-0.2, 0) is 16.0 Å². The highest BCUT2D eigenvalue weighted by atomic mass is 16.2. The minimum absolute atomic E-state index is 0.0758. The van der Waals surface area contributed by atoms with E-state index >= 15 is 0 Å². The predicted octanol–water partition coefficient (Wildman–Crippen LogP) is 2.89. The van der Waals surface area contributed by atoms with Gasteiger partial charge >= 0.3 is 0 Å². The van der Waals surface area contributed by atoms with Crippen LogP contribution in [0.25, 0.3) is 0 Å². The smallest absolute Gasteiger partial charge is 0.228 e. The molecule has 5 heteroatoms. The monoisotopic (exact) mass is 311 g/mol. The third-order valence-corrected chi connectivity index (χ3v) is 3.29. The second-order valence-corrected chi connectivity index (χ2v) is 5.55. The molecule has 0 atom stereocenters. The summed E-state index contributed by atoms with van der Waals surface area (Å²) in [5.74, 6) is -0.190. The van der Waals surface area contributed by atoms with E-state index in [1.807, 2.05) is 55.4 Å². The van der Waals surface area contributed by atoms with Crippen LogP contribution in [0.15, 0.2) is 48.5 Å². The molecule has 0 aliphatic rings. The van der Waals surface area contributed by atoms with Gasteiger partial charge in [-0.25, -0.2) is 0 Å². The van der Waals surface area contributed by atoms with Gasteiger partial charge in [0.05, 0.1) is 6.42 Å². The molecule has 0 radical (unpaired) electrons. The third kappa shape index (κ3) is 5.14. The molecule has 0 aromatic heterocycles. The Bertz CT molecular complexity index is 694. The Morgan fingerprint density at radius 2 is 1.65 bits per heavy atom. The Morgan fingerprint density at radius 1 is 0.957 bits per heavy atom. The van der Waals surface area contributed by atoms with Gasteiger partial charge in [-0.2, -0.15) is 0 Å². The van der Waals surface area contributed by atoms with E-state index in [2.05, 4.69) is 10.6 Å². The summed E-state index contributed by atoms with van der Waals surface area (Å²) in [6, 6.07) is 14.9. The van der Waals surface area contributed by atoms with Crippen LogP contribution in [0.5, 0.6) is 0 Å². The normalized spacial score (nSPS) is 10.0. The van der Waals surface area contributed by atoms with Crippen molar-refractivity contribution in [2.75, 3.05) is 29.6 Å². The molecule has 0 aliphatic carbocycles. The minimum atomic E-state index is -0.115. The molecule has 5 nitrogen and oxygen atoms in total. The minimum Gasteiger partial charge on any atom is -0.378 e. The first-order valence-electron chi connectivity index (χ1n) is 7.38. The Balaban J connectivity index is 1.96. The van der Waals surface area contributed by atoms with Crippen molar-refractivity contribution in [3.8, 4) is 0 Å². The number of carbonyl (C=O) groups excluding carboxylic acids is 2. The fraction of sp³-hybridized carbons (Fsp3) is 0.222. The molecule has 0 unspecified atom stereocenters. The van der Waals surface area contributed by atoms with Crippen molar-refractivity contribution in [1.82, 2.24) is 0 Å². The summed E-state index contributed by atoms with van der Waals surface area (Å²) >= 11 is 0. The van der Waals surface area contributed by atoms with E-state index in [1.54, 1.807) is 12.1 Å². The first-order chi connectivity index (χ1) is 10.9. The molecule has 0 fully saturated rings. The Labute approximate surface area is 136 Å². The molecular weight excluding hydrogens is 290 g/mol. The average molecular weight is 311 g/mol. The summed E-state index contributed by atoms with van der Waals surface area (Å²) in [6.45, 7) is 1.46. The number of rotatable bonds is 5.